The molecule has 0 bridgehead atoms. The van der Waals surface area contributed by atoms with Gasteiger partial charge in [0, 0.05) is 30.4 Å². The van der Waals surface area contributed by atoms with Crippen molar-refractivity contribution in [1.82, 2.24) is 15.2 Å². The number of rotatable bonds is 7. The average molecular weight is 484 g/mol. The number of carbonyl (C=O) groups excluding carboxylic acids is 2. The van der Waals surface area contributed by atoms with Gasteiger partial charge in [0.15, 0.2) is 0 Å². The molecular weight excluding hydrogens is 461 g/mol. The van der Waals surface area contributed by atoms with Gasteiger partial charge >= 0.3 is 0 Å². The van der Waals surface area contributed by atoms with Crippen LogP contribution in [0.3, 0.4) is 0 Å². The second-order valence-corrected chi connectivity index (χ2v) is 8.62. The van der Waals surface area contributed by atoms with Crippen LogP contribution in [-0.4, -0.2) is 34.3 Å². The molecule has 0 radical (unpaired) electrons. The Labute approximate surface area is 202 Å². The Morgan fingerprint density at radius 3 is 2.70 bits per heavy atom. The lowest BCUT2D eigenvalue weighted by atomic mass is 10.1. The minimum Gasteiger partial charge on any atom is -0.473 e. The van der Waals surface area contributed by atoms with Crippen LogP contribution in [0.25, 0.3) is 0 Å². The first-order chi connectivity index (χ1) is 16.0. The van der Waals surface area contributed by atoms with Crippen molar-refractivity contribution in [3.63, 3.8) is 0 Å². The lowest BCUT2D eigenvalue weighted by molar-refractivity contribution is -0.125. The number of nitrogens with one attached hydrogen (secondary N) is 1. The third kappa shape index (κ3) is 5.83. The van der Waals surface area contributed by atoms with Crippen molar-refractivity contribution in [3.05, 3.63) is 93.6 Å². The maximum atomic E-state index is 13.0. The normalized spacial score (nSPS) is 15.3. The van der Waals surface area contributed by atoms with Gasteiger partial charge in [-0.05, 0) is 48.2 Å². The summed E-state index contributed by atoms with van der Waals surface area (Å²) in [6.07, 6.45) is 2.99. The van der Waals surface area contributed by atoms with Crippen LogP contribution in [-0.2, 0) is 17.9 Å². The van der Waals surface area contributed by atoms with E-state index in [1.54, 1.807) is 29.3 Å². The highest BCUT2D eigenvalue weighted by Gasteiger charge is 2.35. The van der Waals surface area contributed by atoms with Gasteiger partial charge in [-0.2, -0.15) is 0 Å². The van der Waals surface area contributed by atoms with Crippen LogP contribution in [0.1, 0.15) is 34.3 Å². The van der Waals surface area contributed by atoms with Crippen LogP contribution in [0.15, 0.2) is 66.9 Å². The summed E-state index contributed by atoms with van der Waals surface area (Å²) in [5.41, 5.74) is 2.21. The predicted octanol–water partition coefficient (Wildman–Crippen LogP) is 4.89. The van der Waals surface area contributed by atoms with Gasteiger partial charge in [0.2, 0.25) is 11.8 Å². The van der Waals surface area contributed by atoms with E-state index in [0.717, 1.165) is 17.5 Å². The molecule has 6 nitrogen and oxygen atoms in total. The van der Waals surface area contributed by atoms with E-state index in [0.29, 0.717) is 47.6 Å². The number of aromatic nitrogens is 1. The molecule has 1 saturated heterocycles. The molecule has 1 unspecified atom stereocenters. The number of benzene rings is 2. The molecule has 2 heterocycles. The molecular formula is C25H23Cl2N3O3. The van der Waals surface area contributed by atoms with Crippen molar-refractivity contribution in [1.29, 1.82) is 0 Å². The molecule has 8 heteroatoms. The monoisotopic (exact) mass is 483 g/mol. The number of ether oxygens (including phenoxy) is 1. The highest BCUT2D eigenvalue weighted by Crippen LogP contribution is 2.26. The molecule has 0 spiro atoms. The van der Waals surface area contributed by atoms with E-state index in [-0.39, 0.29) is 11.8 Å². The fourth-order valence-corrected chi connectivity index (χ4v) is 4.15. The molecule has 1 atom stereocenters. The zero-order chi connectivity index (χ0) is 23.2. The molecule has 170 valence electrons. The Hall–Kier alpha value is -3.09. The van der Waals surface area contributed by atoms with Crippen LogP contribution in [0.4, 0.5) is 0 Å². The zero-order valence-corrected chi connectivity index (χ0v) is 19.4. The van der Waals surface area contributed by atoms with Gasteiger partial charge < -0.3 is 15.0 Å². The van der Waals surface area contributed by atoms with Gasteiger partial charge in [-0.15, -0.1) is 0 Å². The molecule has 1 aromatic heterocycles. The smallest absolute Gasteiger partial charge is 0.256 e. The first-order valence-corrected chi connectivity index (χ1v) is 11.4. The van der Waals surface area contributed by atoms with E-state index in [1.807, 2.05) is 36.4 Å². The van der Waals surface area contributed by atoms with Crippen LogP contribution < -0.4 is 10.1 Å². The minimum absolute atomic E-state index is 0.206. The third-order valence-electron chi connectivity index (χ3n) is 5.47. The van der Waals surface area contributed by atoms with Crippen molar-refractivity contribution in [2.24, 2.45) is 0 Å². The summed E-state index contributed by atoms with van der Waals surface area (Å²) in [7, 11) is 0. The number of hydrogen-bond donors (Lipinski definition) is 1. The highest BCUT2D eigenvalue weighted by molar-refractivity contribution is 6.35. The van der Waals surface area contributed by atoms with Crippen molar-refractivity contribution in [3.8, 4) is 5.88 Å². The first kappa shape index (κ1) is 23.1. The van der Waals surface area contributed by atoms with Crippen LogP contribution >= 0.6 is 23.2 Å². The van der Waals surface area contributed by atoms with Crippen molar-refractivity contribution in [2.45, 2.75) is 32.0 Å². The fraction of sp³-hybridized carbons (Fsp3) is 0.240. The number of hydrogen-bond acceptors (Lipinski definition) is 4. The van der Waals surface area contributed by atoms with Gasteiger partial charge in [0.25, 0.3) is 5.91 Å². The van der Waals surface area contributed by atoms with Crippen LogP contribution in [0.2, 0.25) is 10.0 Å². The predicted molar refractivity (Wildman–Crippen MR) is 127 cm³/mol. The Bertz CT molecular complexity index is 1140. The van der Waals surface area contributed by atoms with E-state index in [4.69, 9.17) is 27.9 Å². The zero-order valence-electron chi connectivity index (χ0n) is 17.8. The summed E-state index contributed by atoms with van der Waals surface area (Å²) in [6.45, 7) is 1.21. The number of carbonyl (C=O) groups is 2. The second-order valence-electron chi connectivity index (χ2n) is 7.78. The molecule has 1 fully saturated rings. The first-order valence-electron chi connectivity index (χ1n) is 10.7. The summed E-state index contributed by atoms with van der Waals surface area (Å²) >= 11 is 12.2. The quantitative estimate of drug-likeness (QED) is 0.519. The Morgan fingerprint density at radius 2 is 1.88 bits per heavy atom. The van der Waals surface area contributed by atoms with Gasteiger partial charge in [0.1, 0.15) is 12.6 Å². The number of halogens is 2. The second kappa shape index (κ2) is 10.7. The summed E-state index contributed by atoms with van der Waals surface area (Å²) < 4.78 is 5.76. The molecule has 1 aliphatic heterocycles. The highest BCUT2D eigenvalue weighted by atomic mass is 35.5. The Balaban J connectivity index is 1.36. The molecule has 4 rings (SSSR count). The van der Waals surface area contributed by atoms with E-state index in [9.17, 15) is 9.59 Å². The van der Waals surface area contributed by atoms with E-state index < -0.39 is 6.04 Å². The molecule has 2 amide bonds. The Kier molecular flexibility index (Phi) is 7.47. The van der Waals surface area contributed by atoms with Gasteiger partial charge in [-0.3, -0.25) is 9.59 Å². The molecule has 0 aliphatic carbocycles. The molecule has 1 aliphatic rings. The van der Waals surface area contributed by atoms with Crippen LogP contribution in [0.5, 0.6) is 5.88 Å². The molecule has 0 saturated carbocycles. The third-order valence-corrected chi connectivity index (χ3v) is 6.04. The number of likely N-dealkylation sites (tertiary alicyclic amines) is 1. The van der Waals surface area contributed by atoms with Gasteiger partial charge in [-0.1, -0.05) is 53.5 Å². The number of pyridine rings is 1. The molecule has 33 heavy (non-hydrogen) atoms. The number of nitrogens with zero attached hydrogens (tertiary/aromatic N) is 2. The Morgan fingerprint density at radius 1 is 1.06 bits per heavy atom. The fourth-order valence-electron chi connectivity index (χ4n) is 3.78. The summed E-state index contributed by atoms with van der Waals surface area (Å²) in [5.74, 6) is -0.0119. The summed E-state index contributed by atoms with van der Waals surface area (Å²) in [4.78, 5) is 31.7. The van der Waals surface area contributed by atoms with E-state index >= 15 is 0 Å². The lowest BCUT2D eigenvalue weighted by Gasteiger charge is -2.24. The van der Waals surface area contributed by atoms with Gasteiger partial charge in [-0.25, -0.2) is 4.98 Å². The van der Waals surface area contributed by atoms with Crippen molar-refractivity contribution < 1.29 is 14.3 Å². The standard InChI is InChI=1S/C25H23Cl2N3O3/c26-19-8-9-21(27)20(14-19)25(32)30-12-4-7-22(30)24(31)29-15-18-10-11-28-23(13-18)33-16-17-5-2-1-3-6-17/h1-3,5-6,8-11,13-14,22H,4,7,12,15-16H2,(H,29,31). The maximum Gasteiger partial charge on any atom is 0.256 e. The maximum absolute atomic E-state index is 13.0. The molecule has 1 N–H and O–H groups in total. The van der Waals surface area contributed by atoms with Crippen molar-refractivity contribution >= 4 is 35.0 Å². The summed E-state index contributed by atoms with van der Waals surface area (Å²) in [6, 6.07) is 17.6. The van der Waals surface area contributed by atoms with E-state index in [2.05, 4.69) is 10.3 Å². The lowest BCUT2D eigenvalue weighted by Crippen LogP contribution is -2.45. The number of amides is 2. The molecule has 3 aromatic rings. The largest absolute Gasteiger partial charge is 0.473 e. The van der Waals surface area contributed by atoms with Crippen molar-refractivity contribution in [2.75, 3.05) is 6.54 Å². The average Bonchev–Trinajstić information content (AvgIpc) is 3.33. The molecule has 2 aromatic carbocycles. The minimum atomic E-state index is -0.553. The SMILES string of the molecule is O=C(NCc1ccnc(OCc2ccccc2)c1)C1CCCN1C(=O)c1cc(Cl)ccc1Cl. The van der Waals surface area contributed by atoms with Gasteiger partial charge in [0.05, 0.1) is 10.6 Å². The van der Waals surface area contributed by atoms with Crippen LogP contribution in [0, 0.1) is 0 Å². The summed E-state index contributed by atoms with van der Waals surface area (Å²) in [5, 5.41) is 3.67. The van der Waals surface area contributed by atoms with E-state index in [1.165, 1.54) is 6.07 Å². The topological polar surface area (TPSA) is 71.5 Å².